The van der Waals surface area contributed by atoms with Crippen molar-refractivity contribution < 1.29 is 18.7 Å². The second-order valence-electron chi connectivity index (χ2n) is 7.32. The van der Waals surface area contributed by atoms with Gasteiger partial charge in [-0.3, -0.25) is 9.59 Å². The molecule has 29 heavy (non-hydrogen) atoms. The molecule has 2 rings (SSSR count). The predicted octanol–water partition coefficient (Wildman–Crippen LogP) is 3.84. The number of rotatable bonds is 9. The van der Waals surface area contributed by atoms with E-state index in [1.807, 2.05) is 52.0 Å². The molecule has 0 aliphatic carbocycles. The van der Waals surface area contributed by atoms with Gasteiger partial charge in [-0.15, -0.1) is 0 Å². The van der Waals surface area contributed by atoms with Crippen LogP contribution >= 0.6 is 0 Å². The lowest BCUT2D eigenvalue weighted by Crippen LogP contribution is -2.51. The summed E-state index contributed by atoms with van der Waals surface area (Å²) < 4.78 is 19.2. The third-order valence-corrected chi connectivity index (χ3v) is 4.44. The number of hydrogen-bond donors (Lipinski definition) is 1. The van der Waals surface area contributed by atoms with E-state index in [1.54, 1.807) is 12.1 Å². The fourth-order valence-corrected chi connectivity index (χ4v) is 3.09. The number of ether oxygens (including phenoxy) is 1. The monoisotopic (exact) mass is 400 g/mol. The van der Waals surface area contributed by atoms with Crippen molar-refractivity contribution in [2.75, 3.05) is 6.61 Å². The zero-order valence-electron chi connectivity index (χ0n) is 17.4. The lowest BCUT2D eigenvalue weighted by molar-refractivity contribution is -0.143. The fraction of sp³-hybridized carbons (Fsp3) is 0.391. The van der Waals surface area contributed by atoms with Gasteiger partial charge in [-0.05, 0) is 44.9 Å². The number of benzene rings is 2. The molecule has 1 N–H and O–H groups in total. The predicted molar refractivity (Wildman–Crippen MR) is 111 cm³/mol. The summed E-state index contributed by atoms with van der Waals surface area (Å²) in [7, 11) is 0. The largest absolute Gasteiger partial charge is 0.481 e. The number of hydrogen-bond acceptors (Lipinski definition) is 3. The maximum absolute atomic E-state index is 13.8. The molecule has 1 atom stereocenters. The van der Waals surface area contributed by atoms with E-state index < -0.39 is 11.9 Å². The van der Waals surface area contributed by atoms with Gasteiger partial charge in [0.15, 0.2) is 18.2 Å². The topological polar surface area (TPSA) is 58.6 Å². The maximum atomic E-state index is 13.8. The van der Waals surface area contributed by atoms with Crippen molar-refractivity contribution in [3.05, 3.63) is 65.5 Å². The van der Waals surface area contributed by atoms with Gasteiger partial charge in [0.1, 0.15) is 6.04 Å². The van der Waals surface area contributed by atoms with Gasteiger partial charge in [-0.25, -0.2) is 4.39 Å². The van der Waals surface area contributed by atoms with Crippen LogP contribution < -0.4 is 10.1 Å². The van der Waals surface area contributed by atoms with Crippen LogP contribution in [0, 0.1) is 12.7 Å². The summed E-state index contributed by atoms with van der Waals surface area (Å²) in [4.78, 5) is 27.2. The molecule has 2 aromatic rings. The van der Waals surface area contributed by atoms with Crippen LogP contribution in [0.3, 0.4) is 0 Å². The normalized spacial score (nSPS) is 11.8. The van der Waals surface area contributed by atoms with Crippen molar-refractivity contribution in [3.63, 3.8) is 0 Å². The summed E-state index contributed by atoms with van der Waals surface area (Å²) in [6.45, 7) is 7.50. The third kappa shape index (κ3) is 6.59. The molecule has 2 amide bonds. The molecule has 0 radical (unpaired) electrons. The van der Waals surface area contributed by atoms with E-state index in [1.165, 1.54) is 17.0 Å². The van der Waals surface area contributed by atoms with Gasteiger partial charge < -0.3 is 15.0 Å². The number of nitrogens with one attached hydrogen (secondary N) is 1. The van der Waals surface area contributed by atoms with Crippen molar-refractivity contribution in [2.24, 2.45) is 0 Å². The lowest BCUT2D eigenvalue weighted by Gasteiger charge is -2.31. The summed E-state index contributed by atoms with van der Waals surface area (Å²) >= 11 is 0. The summed E-state index contributed by atoms with van der Waals surface area (Å²) in [5.41, 5.74) is 1.98. The molecule has 0 bridgehead atoms. The van der Waals surface area contributed by atoms with Gasteiger partial charge in [-0.2, -0.15) is 0 Å². The van der Waals surface area contributed by atoms with Crippen LogP contribution in [0.5, 0.6) is 5.75 Å². The van der Waals surface area contributed by atoms with Gasteiger partial charge in [-0.1, -0.05) is 48.9 Å². The Morgan fingerprint density at radius 3 is 2.48 bits per heavy atom. The number of aryl methyl sites for hydroxylation is 1. The zero-order chi connectivity index (χ0) is 21.4. The zero-order valence-corrected chi connectivity index (χ0v) is 17.4. The minimum absolute atomic E-state index is 0.0102. The molecule has 6 heteroatoms. The Labute approximate surface area is 171 Å². The molecule has 0 spiro atoms. The van der Waals surface area contributed by atoms with Crippen molar-refractivity contribution in [2.45, 2.75) is 52.7 Å². The molecule has 0 unspecified atom stereocenters. The first-order valence-corrected chi connectivity index (χ1v) is 9.84. The first-order chi connectivity index (χ1) is 13.8. The number of halogens is 1. The standard InChI is InChI=1S/C23H29FN2O3/c1-5-20(23(28)25-16(2)3)26(14-18-10-8-9-17(4)13-18)22(27)15-29-21-12-7-6-11-19(21)24/h6-13,16,20H,5,14-15H2,1-4H3,(H,25,28)/t20-/m0/s1. The van der Waals surface area contributed by atoms with E-state index in [-0.39, 0.29) is 36.8 Å². The Balaban J connectivity index is 2.23. The molecule has 0 fully saturated rings. The number of carbonyl (C=O) groups is 2. The second kappa shape index (κ2) is 10.6. The van der Waals surface area contributed by atoms with Crippen molar-refractivity contribution in [1.29, 1.82) is 0 Å². The van der Waals surface area contributed by atoms with Gasteiger partial charge >= 0.3 is 0 Å². The van der Waals surface area contributed by atoms with Gasteiger partial charge in [0, 0.05) is 12.6 Å². The Hall–Kier alpha value is -2.89. The molecular formula is C23H29FN2O3. The van der Waals surface area contributed by atoms with Gasteiger partial charge in [0.25, 0.3) is 5.91 Å². The van der Waals surface area contributed by atoms with Crippen LogP contribution in [0.2, 0.25) is 0 Å². The highest BCUT2D eigenvalue weighted by Crippen LogP contribution is 2.17. The smallest absolute Gasteiger partial charge is 0.261 e. The quantitative estimate of drug-likeness (QED) is 0.696. The molecule has 2 aromatic carbocycles. The Morgan fingerprint density at radius 1 is 1.14 bits per heavy atom. The van der Waals surface area contributed by atoms with E-state index in [2.05, 4.69) is 5.32 Å². The van der Waals surface area contributed by atoms with Crippen LogP contribution in [-0.2, 0) is 16.1 Å². The molecule has 156 valence electrons. The number of carbonyl (C=O) groups excluding carboxylic acids is 2. The molecule has 5 nitrogen and oxygen atoms in total. The van der Waals surface area contributed by atoms with Crippen LogP contribution in [0.1, 0.15) is 38.3 Å². The first kappa shape index (κ1) is 22.4. The summed E-state index contributed by atoms with van der Waals surface area (Å²) in [6, 6.07) is 13.0. The molecule has 0 saturated heterocycles. The van der Waals surface area contributed by atoms with Crippen LogP contribution in [0.4, 0.5) is 4.39 Å². The Morgan fingerprint density at radius 2 is 1.86 bits per heavy atom. The third-order valence-electron chi connectivity index (χ3n) is 4.44. The molecular weight excluding hydrogens is 371 g/mol. The fourth-order valence-electron chi connectivity index (χ4n) is 3.09. The van der Waals surface area contributed by atoms with Crippen LogP contribution in [-0.4, -0.2) is 35.4 Å². The minimum atomic E-state index is -0.644. The highest BCUT2D eigenvalue weighted by molar-refractivity contribution is 5.88. The van der Waals surface area contributed by atoms with E-state index in [0.29, 0.717) is 6.42 Å². The summed E-state index contributed by atoms with van der Waals surface area (Å²) in [5, 5.41) is 2.88. The Kier molecular flexibility index (Phi) is 8.19. The number of amides is 2. The molecule has 0 aliphatic heterocycles. The maximum Gasteiger partial charge on any atom is 0.261 e. The molecule has 0 saturated carbocycles. The van der Waals surface area contributed by atoms with E-state index in [9.17, 15) is 14.0 Å². The average molecular weight is 400 g/mol. The van der Waals surface area contributed by atoms with E-state index in [0.717, 1.165) is 11.1 Å². The van der Waals surface area contributed by atoms with Gasteiger partial charge in [0.05, 0.1) is 0 Å². The minimum Gasteiger partial charge on any atom is -0.481 e. The number of para-hydroxylation sites is 1. The SMILES string of the molecule is CC[C@@H](C(=O)NC(C)C)N(Cc1cccc(C)c1)C(=O)COc1ccccc1F. The summed E-state index contributed by atoms with van der Waals surface area (Å²) in [6.07, 6.45) is 0.454. The van der Waals surface area contributed by atoms with E-state index >= 15 is 0 Å². The highest BCUT2D eigenvalue weighted by Gasteiger charge is 2.29. The van der Waals surface area contributed by atoms with E-state index in [4.69, 9.17) is 4.74 Å². The second-order valence-corrected chi connectivity index (χ2v) is 7.32. The van der Waals surface area contributed by atoms with Crippen molar-refractivity contribution in [1.82, 2.24) is 10.2 Å². The van der Waals surface area contributed by atoms with Crippen LogP contribution in [0.25, 0.3) is 0 Å². The summed E-state index contributed by atoms with van der Waals surface area (Å²) in [5.74, 6) is -1.11. The lowest BCUT2D eigenvalue weighted by atomic mass is 10.1. The average Bonchev–Trinajstić information content (AvgIpc) is 2.66. The Bertz CT molecular complexity index is 838. The van der Waals surface area contributed by atoms with Crippen LogP contribution in [0.15, 0.2) is 48.5 Å². The molecule has 0 aliphatic rings. The van der Waals surface area contributed by atoms with Crippen molar-refractivity contribution >= 4 is 11.8 Å². The molecule has 0 aromatic heterocycles. The highest BCUT2D eigenvalue weighted by atomic mass is 19.1. The van der Waals surface area contributed by atoms with Gasteiger partial charge in [0.2, 0.25) is 5.91 Å². The number of nitrogens with zero attached hydrogens (tertiary/aromatic N) is 1. The first-order valence-electron chi connectivity index (χ1n) is 9.84. The molecule has 0 heterocycles. The van der Waals surface area contributed by atoms with Crippen molar-refractivity contribution in [3.8, 4) is 5.75 Å².